The molecule has 0 aliphatic heterocycles. The molecular formula is C11H12O3S. The first kappa shape index (κ1) is 11.8. The summed E-state index contributed by atoms with van der Waals surface area (Å²) in [6, 6.07) is 8.46. The fourth-order valence-electron chi connectivity index (χ4n) is 1.30. The molecule has 0 aliphatic rings. The van der Waals surface area contributed by atoms with Gasteiger partial charge in [-0.1, -0.05) is 30.3 Å². The Bertz CT molecular complexity index is 348. The van der Waals surface area contributed by atoms with Crippen LogP contribution in [0.3, 0.4) is 0 Å². The van der Waals surface area contributed by atoms with E-state index in [1.165, 1.54) is 0 Å². The van der Waals surface area contributed by atoms with Crippen LogP contribution in [0.25, 0.3) is 0 Å². The number of hydrogen-bond donors (Lipinski definition) is 2. The summed E-state index contributed by atoms with van der Waals surface area (Å²) in [5, 5.41) is 8.88. The molecule has 0 aliphatic carbocycles. The van der Waals surface area contributed by atoms with Crippen molar-refractivity contribution in [2.75, 3.05) is 5.75 Å². The monoisotopic (exact) mass is 224 g/mol. The van der Waals surface area contributed by atoms with Gasteiger partial charge in [0, 0.05) is 5.56 Å². The van der Waals surface area contributed by atoms with E-state index in [0.29, 0.717) is 11.3 Å². The molecule has 0 saturated heterocycles. The highest BCUT2D eigenvalue weighted by Gasteiger charge is 2.25. The molecule has 1 atom stereocenters. The number of thiol groups is 1. The molecule has 1 N–H and O–H groups in total. The number of carboxylic acid groups (broad SMARTS) is 1. The maximum Gasteiger partial charge on any atom is 0.314 e. The van der Waals surface area contributed by atoms with Gasteiger partial charge in [-0.05, 0) is 12.2 Å². The molecule has 80 valence electrons. The van der Waals surface area contributed by atoms with Gasteiger partial charge in [-0.2, -0.15) is 12.6 Å². The smallest absolute Gasteiger partial charge is 0.314 e. The summed E-state index contributed by atoms with van der Waals surface area (Å²) in [4.78, 5) is 22.6. The Labute approximate surface area is 93.5 Å². The van der Waals surface area contributed by atoms with E-state index in [2.05, 4.69) is 12.6 Å². The maximum atomic E-state index is 11.8. The molecule has 0 radical (unpaired) electrons. The Morgan fingerprint density at radius 1 is 1.27 bits per heavy atom. The van der Waals surface area contributed by atoms with Crippen LogP contribution in [0.5, 0.6) is 0 Å². The molecule has 0 amide bonds. The molecule has 1 rings (SSSR count). The molecule has 0 fully saturated rings. The van der Waals surface area contributed by atoms with Crippen LogP contribution in [0, 0.1) is 5.92 Å². The summed E-state index contributed by atoms with van der Waals surface area (Å²) in [6.45, 7) is 0. The molecule has 4 heteroatoms. The Morgan fingerprint density at radius 2 is 1.87 bits per heavy atom. The lowest BCUT2D eigenvalue weighted by molar-refractivity contribution is -0.140. The Morgan fingerprint density at radius 3 is 2.33 bits per heavy atom. The lowest BCUT2D eigenvalue weighted by Crippen LogP contribution is -2.24. The van der Waals surface area contributed by atoms with Crippen LogP contribution in [0.1, 0.15) is 16.8 Å². The number of hydrogen-bond acceptors (Lipinski definition) is 3. The number of aliphatic carboxylic acids is 1. The van der Waals surface area contributed by atoms with E-state index in [1.54, 1.807) is 30.3 Å². The van der Waals surface area contributed by atoms with Gasteiger partial charge in [0.2, 0.25) is 0 Å². The second-order valence-electron chi connectivity index (χ2n) is 3.13. The van der Waals surface area contributed by atoms with Crippen LogP contribution < -0.4 is 0 Å². The highest BCUT2D eigenvalue weighted by atomic mass is 32.1. The molecule has 1 aromatic carbocycles. The van der Waals surface area contributed by atoms with E-state index in [4.69, 9.17) is 5.11 Å². The largest absolute Gasteiger partial charge is 0.481 e. The number of carbonyl (C=O) groups is 2. The van der Waals surface area contributed by atoms with Gasteiger partial charge in [0.1, 0.15) is 5.92 Å². The van der Waals surface area contributed by atoms with Crippen LogP contribution in [-0.4, -0.2) is 22.6 Å². The van der Waals surface area contributed by atoms with E-state index in [9.17, 15) is 9.59 Å². The summed E-state index contributed by atoms with van der Waals surface area (Å²) in [6.07, 6.45) is 0.256. The number of ketones is 1. The van der Waals surface area contributed by atoms with E-state index in [1.807, 2.05) is 0 Å². The van der Waals surface area contributed by atoms with Crippen molar-refractivity contribution in [1.82, 2.24) is 0 Å². The first-order valence-corrected chi connectivity index (χ1v) is 5.23. The quantitative estimate of drug-likeness (QED) is 0.456. The topological polar surface area (TPSA) is 54.4 Å². The van der Waals surface area contributed by atoms with Crippen molar-refractivity contribution in [3.8, 4) is 0 Å². The molecule has 0 heterocycles. The zero-order valence-electron chi connectivity index (χ0n) is 8.09. The average molecular weight is 224 g/mol. The summed E-state index contributed by atoms with van der Waals surface area (Å²) in [5.74, 6) is -2.03. The first-order chi connectivity index (χ1) is 7.16. The Hall–Kier alpha value is -1.29. The minimum atomic E-state index is -1.09. The molecule has 3 nitrogen and oxygen atoms in total. The number of rotatable bonds is 5. The van der Waals surface area contributed by atoms with Crippen LogP contribution in [0.2, 0.25) is 0 Å². The van der Waals surface area contributed by atoms with E-state index in [-0.39, 0.29) is 12.2 Å². The van der Waals surface area contributed by atoms with Gasteiger partial charge in [-0.15, -0.1) is 0 Å². The number of carbonyl (C=O) groups excluding carboxylic acids is 1. The minimum absolute atomic E-state index is 0.256. The van der Waals surface area contributed by atoms with Crippen LogP contribution in [0.15, 0.2) is 30.3 Å². The predicted molar refractivity (Wildman–Crippen MR) is 60.4 cm³/mol. The second-order valence-corrected chi connectivity index (χ2v) is 3.58. The third-order valence-corrected chi connectivity index (χ3v) is 2.35. The number of Topliss-reactive ketones (excluding diaryl/α,β-unsaturated/α-hetero) is 1. The summed E-state index contributed by atoms with van der Waals surface area (Å²) < 4.78 is 0. The normalized spacial score (nSPS) is 12.1. The van der Waals surface area contributed by atoms with Gasteiger partial charge in [-0.25, -0.2) is 0 Å². The van der Waals surface area contributed by atoms with E-state index < -0.39 is 11.9 Å². The van der Waals surface area contributed by atoms with Crippen molar-refractivity contribution in [3.63, 3.8) is 0 Å². The van der Waals surface area contributed by atoms with Crippen molar-refractivity contribution in [2.45, 2.75) is 6.42 Å². The standard InChI is InChI=1S/C11H12O3S/c12-10(8-4-2-1-3-5-8)9(6-7-15)11(13)14/h1-5,9,15H,6-7H2,(H,13,14). The number of benzene rings is 1. The second kappa shape index (κ2) is 5.56. The van der Waals surface area contributed by atoms with Crippen molar-refractivity contribution < 1.29 is 14.7 Å². The SMILES string of the molecule is O=C(O)C(CCS)C(=O)c1ccccc1. The van der Waals surface area contributed by atoms with Crippen LogP contribution >= 0.6 is 12.6 Å². The molecule has 0 aromatic heterocycles. The van der Waals surface area contributed by atoms with Crippen molar-refractivity contribution in [3.05, 3.63) is 35.9 Å². The molecular weight excluding hydrogens is 212 g/mol. The minimum Gasteiger partial charge on any atom is -0.481 e. The van der Waals surface area contributed by atoms with E-state index >= 15 is 0 Å². The van der Waals surface area contributed by atoms with Crippen molar-refractivity contribution >= 4 is 24.4 Å². The van der Waals surface area contributed by atoms with Crippen LogP contribution in [-0.2, 0) is 4.79 Å². The van der Waals surface area contributed by atoms with E-state index in [0.717, 1.165) is 0 Å². The maximum absolute atomic E-state index is 11.8. The first-order valence-electron chi connectivity index (χ1n) is 4.59. The van der Waals surface area contributed by atoms with Gasteiger partial charge in [0.05, 0.1) is 0 Å². The van der Waals surface area contributed by atoms with Gasteiger partial charge >= 0.3 is 5.97 Å². The summed E-state index contributed by atoms with van der Waals surface area (Å²) in [7, 11) is 0. The highest BCUT2D eigenvalue weighted by Crippen LogP contribution is 2.13. The molecule has 1 aromatic rings. The van der Waals surface area contributed by atoms with Crippen molar-refractivity contribution in [2.24, 2.45) is 5.92 Å². The van der Waals surface area contributed by atoms with Crippen molar-refractivity contribution in [1.29, 1.82) is 0 Å². The fourth-order valence-corrected chi connectivity index (χ4v) is 1.56. The zero-order chi connectivity index (χ0) is 11.3. The summed E-state index contributed by atoms with van der Waals surface area (Å²) in [5.41, 5.74) is 0.437. The van der Waals surface area contributed by atoms with Gasteiger partial charge in [-0.3, -0.25) is 9.59 Å². The Balaban J connectivity index is 2.86. The predicted octanol–water partition coefficient (Wildman–Crippen LogP) is 1.89. The lowest BCUT2D eigenvalue weighted by Gasteiger charge is -2.09. The highest BCUT2D eigenvalue weighted by molar-refractivity contribution is 7.80. The average Bonchev–Trinajstić information content (AvgIpc) is 2.26. The third kappa shape index (κ3) is 3.09. The molecule has 1 unspecified atom stereocenters. The molecule has 0 saturated carbocycles. The molecule has 15 heavy (non-hydrogen) atoms. The van der Waals surface area contributed by atoms with Gasteiger partial charge in [0.25, 0.3) is 0 Å². The van der Waals surface area contributed by atoms with Gasteiger partial charge in [0.15, 0.2) is 5.78 Å². The third-order valence-electron chi connectivity index (χ3n) is 2.09. The van der Waals surface area contributed by atoms with Gasteiger partial charge < -0.3 is 5.11 Å². The molecule has 0 spiro atoms. The lowest BCUT2D eigenvalue weighted by atomic mass is 9.95. The zero-order valence-corrected chi connectivity index (χ0v) is 8.98. The summed E-state index contributed by atoms with van der Waals surface area (Å²) >= 11 is 3.95. The van der Waals surface area contributed by atoms with Crippen LogP contribution in [0.4, 0.5) is 0 Å². The molecule has 0 bridgehead atoms. The Kier molecular flexibility index (Phi) is 4.37. The fraction of sp³-hybridized carbons (Fsp3) is 0.273. The number of carboxylic acids is 1.